The average molecular weight is 359 g/mol. The van der Waals surface area contributed by atoms with Crippen molar-refractivity contribution in [1.82, 2.24) is 15.2 Å². The molecule has 0 fully saturated rings. The summed E-state index contributed by atoms with van der Waals surface area (Å²) in [5, 5.41) is 21.7. The fourth-order valence-corrected chi connectivity index (χ4v) is 4.27. The maximum atomic E-state index is 11.1. The topological polar surface area (TPSA) is 64.7 Å². The number of aromatic nitrogens is 3. The quantitative estimate of drug-likeness (QED) is 0.423. The van der Waals surface area contributed by atoms with Gasteiger partial charge in [0.15, 0.2) is 0 Å². The van der Waals surface area contributed by atoms with Crippen molar-refractivity contribution in [3.63, 3.8) is 0 Å². The van der Waals surface area contributed by atoms with Crippen LogP contribution < -0.4 is 0 Å². The van der Waals surface area contributed by atoms with E-state index in [-0.39, 0.29) is 0 Å². The first-order valence-electron chi connectivity index (χ1n) is 8.46. The van der Waals surface area contributed by atoms with E-state index in [1.54, 1.807) is 11.3 Å². The molecule has 0 saturated carbocycles. The fraction of sp³-hybridized carbons (Fsp3) is 0.0952. The molecule has 5 heteroatoms. The highest BCUT2D eigenvalue weighted by molar-refractivity contribution is 7.17. The first-order chi connectivity index (χ1) is 12.6. The Morgan fingerprint density at radius 2 is 1.81 bits per heavy atom. The summed E-state index contributed by atoms with van der Waals surface area (Å²) in [5.41, 5.74) is 4.69. The molecule has 26 heavy (non-hydrogen) atoms. The second-order valence-electron chi connectivity index (χ2n) is 6.66. The molecule has 0 unspecified atom stereocenters. The Balaban J connectivity index is 1.62. The zero-order valence-electron chi connectivity index (χ0n) is 14.2. The summed E-state index contributed by atoms with van der Waals surface area (Å²) in [7, 11) is 0. The van der Waals surface area contributed by atoms with Crippen LogP contribution in [-0.4, -0.2) is 20.3 Å². The summed E-state index contributed by atoms with van der Waals surface area (Å²) in [5.74, 6) is 0. The normalized spacial score (nSPS) is 14.1. The Morgan fingerprint density at radius 3 is 2.65 bits per heavy atom. The number of hydrogen-bond donors (Lipinski definition) is 3. The van der Waals surface area contributed by atoms with Crippen molar-refractivity contribution in [2.45, 2.75) is 12.5 Å². The zero-order valence-corrected chi connectivity index (χ0v) is 15.0. The van der Waals surface area contributed by atoms with Gasteiger partial charge in [-0.2, -0.15) is 5.10 Å². The van der Waals surface area contributed by atoms with Gasteiger partial charge in [-0.05, 0) is 47.7 Å². The monoisotopic (exact) mass is 359 g/mol. The summed E-state index contributed by atoms with van der Waals surface area (Å²) in [4.78, 5) is 3.44. The van der Waals surface area contributed by atoms with Crippen LogP contribution in [0.1, 0.15) is 18.1 Å². The number of nitrogens with one attached hydrogen (secondary N) is 2. The smallest absolute Gasteiger partial charge is 0.126 e. The second-order valence-corrected chi connectivity index (χ2v) is 7.58. The summed E-state index contributed by atoms with van der Waals surface area (Å²) < 4.78 is 1.15. The minimum absolute atomic E-state index is 0.866. The Bertz CT molecular complexity index is 1210. The van der Waals surface area contributed by atoms with E-state index in [1.165, 1.54) is 0 Å². The number of hydrogen-bond acceptors (Lipinski definition) is 3. The Labute approximate surface area is 154 Å². The molecule has 1 atom stereocenters. The molecule has 0 aliphatic rings. The predicted molar refractivity (Wildman–Crippen MR) is 106 cm³/mol. The number of aromatic amines is 2. The van der Waals surface area contributed by atoms with Crippen molar-refractivity contribution in [1.29, 1.82) is 0 Å². The van der Waals surface area contributed by atoms with Crippen molar-refractivity contribution in [3.8, 4) is 11.4 Å². The highest BCUT2D eigenvalue weighted by Gasteiger charge is 2.25. The molecule has 0 saturated heterocycles. The molecule has 0 radical (unpaired) electrons. The molecule has 4 nitrogen and oxygen atoms in total. The molecular weight excluding hydrogens is 342 g/mol. The van der Waals surface area contributed by atoms with Crippen molar-refractivity contribution in [3.05, 3.63) is 77.2 Å². The number of rotatable bonds is 3. The van der Waals surface area contributed by atoms with E-state index in [0.717, 1.165) is 43.6 Å². The van der Waals surface area contributed by atoms with E-state index in [0.29, 0.717) is 0 Å². The lowest BCUT2D eigenvalue weighted by molar-refractivity contribution is 0.102. The van der Waals surface area contributed by atoms with E-state index in [4.69, 9.17) is 0 Å². The molecule has 5 aromatic rings. The summed E-state index contributed by atoms with van der Waals surface area (Å²) in [6.07, 6.45) is 0. The number of nitrogens with zero attached hydrogens (tertiary/aromatic N) is 1. The van der Waals surface area contributed by atoms with Gasteiger partial charge in [-0.1, -0.05) is 36.4 Å². The molecule has 0 amide bonds. The van der Waals surface area contributed by atoms with Gasteiger partial charge in [0, 0.05) is 10.9 Å². The van der Waals surface area contributed by atoms with Gasteiger partial charge >= 0.3 is 0 Å². The van der Waals surface area contributed by atoms with Crippen LogP contribution >= 0.6 is 11.3 Å². The van der Waals surface area contributed by atoms with Crippen molar-refractivity contribution in [2.75, 3.05) is 0 Å². The SMILES string of the molecule is C[C@](O)(c1ccccc1)c1ccc2[nH]c(-c3n[nH]c4ccsc34)cc2c1. The van der Waals surface area contributed by atoms with Crippen LogP contribution in [0.4, 0.5) is 0 Å². The molecule has 5 rings (SSSR count). The first-order valence-corrected chi connectivity index (χ1v) is 9.34. The van der Waals surface area contributed by atoms with Gasteiger partial charge in [-0.25, -0.2) is 0 Å². The van der Waals surface area contributed by atoms with Gasteiger partial charge < -0.3 is 10.1 Å². The van der Waals surface area contributed by atoms with Crippen LogP contribution in [-0.2, 0) is 5.60 Å². The number of thiophene rings is 1. The predicted octanol–water partition coefficient (Wildman–Crippen LogP) is 5.03. The number of H-pyrrole nitrogens is 2. The van der Waals surface area contributed by atoms with E-state index in [9.17, 15) is 5.11 Å². The van der Waals surface area contributed by atoms with Crippen molar-refractivity contribution < 1.29 is 5.11 Å². The molecule has 0 spiro atoms. The highest BCUT2D eigenvalue weighted by Crippen LogP contribution is 2.34. The standard InChI is InChI=1S/C21H17N3OS/c1-21(25,14-5-3-2-4-6-14)15-7-8-16-13(11-15)12-18(22-16)19-20-17(23-24-19)9-10-26-20/h2-12,22,25H,1H3,(H,23,24)/t21-/m0/s1. The molecule has 2 aromatic carbocycles. The molecule has 3 aromatic heterocycles. The summed E-state index contributed by atoms with van der Waals surface area (Å²) in [6.45, 7) is 1.83. The number of benzene rings is 2. The van der Waals surface area contributed by atoms with Gasteiger partial charge in [0.2, 0.25) is 0 Å². The van der Waals surface area contributed by atoms with Crippen LogP contribution in [0.2, 0.25) is 0 Å². The first kappa shape index (κ1) is 15.4. The van der Waals surface area contributed by atoms with Gasteiger partial charge in [0.1, 0.15) is 11.3 Å². The molecular formula is C21H17N3OS. The van der Waals surface area contributed by atoms with Crippen molar-refractivity contribution >= 4 is 32.5 Å². The Hall–Kier alpha value is -2.89. The lowest BCUT2D eigenvalue weighted by Gasteiger charge is -2.24. The van der Waals surface area contributed by atoms with Crippen LogP contribution in [0, 0.1) is 0 Å². The van der Waals surface area contributed by atoms with E-state index < -0.39 is 5.60 Å². The average Bonchev–Trinajstić information content (AvgIpc) is 3.36. The van der Waals surface area contributed by atoms with E-state index in [1.807, 2.05) is 61.5 Å². The van der Waals surface area contributed by atoms with Gasteiger partial charge in [0.05, 0.1) is 15.9 Å². The molecule has 3 heterocycles. The van der Waals surface area contributed by atoms with E-state index >= 15 is 0 Å². The van der Waals surface area contributed by atoms with Gasteiger partial charge in [-0.3, -0.25) is 5.10 Å². The fourth-order valence-electron chi connectivity index (χ4n) is 3.42. The maximum Gasteiger partial charge on any atom is 0.126 e. The summed E-state index contributed by atoms with van der Waals surface area (Å²) in [6, 6.07) is 19.9. The van der Waals surface area contributed by atoms with Crippen LogP contribution in [0.15, 0.2) is 66.0 Å². The molecule has 0 aliphatic carbocycles. The van der Waals surface area contributed by atoms with Crippen LogP contribution in [0.25, 0.3) is 32.5 Å². The summed E-state index contributed by atoms with van der Waals surface area (Å²) >= 11 is 1.68. The van der Waals surface area contributed by atoms with Crippen molar-refractivity contribution in [2.24, 2.45) is 0 Å². The number of aliphatic hydroxyl groups is 1. The third-order valence-corrected chi connectivity index (χ3v) is 5.86. The van der Waals surface area contributed by atoms with Gasteiger partial charge in [-0.15, -0.1) is 11.3 Å². The lowest BCUT2D eigenvalue weighted by Crippen LogP contribution is -2.22. The number of fused-ring (bicyclic) bond motifs is 2. The third-order valence-electron chi connectivity index (χ3n) is 4.94. The molecule has 3 N–H and O–H groups in total. The lowest BCUT2D eigenvalue weighted by atomic mass is 9.88. The van der Waals surface area contributed by atoms with Gasteiger partial charge in [0.25, 0.3) is 0 Å². The minimum Gasteiger partial charge on any atom is -0.381 e. The molecule has 0 bridgehead atoms. The third kappa shape index (κ3) is 2.29. The molecule has 128 valence electrons. The van der Waals surface area contributed by atoms with E-state index in [2.05, 4.69) is 26.6 Å². The molecule has 0 aliphatic heterocycles. The maximum absolute atomic E-state index is 11.1. The highest BCUT2D eigenvalue weighted by atomic mass is 32.1. The minimum atomic E-state index is -1.04. The largest absolute Gasteiger partial charge is 0.381 e. The Morgan fingerprint density at radius 1 is 0.962 bits per heavy atom. The zero-order chi connectivity index (χ0) is 17.7. The van der Waals surface area contributed by atoms with Crippen LogP contribution in [0.5, 0.6) is 0 Å². The Kier molecular flexibility index (Phi) is 3.29. The van der Waals surface area contributed by atoms with Crippen LogP contribution in [0.3, 0.4) is 0 Å². The second kappa shape index (κ2) is 5.56.